The van der Waals surface area contributed by atoms with Crippen LogP contribution in [0.3, 0.4) is 0 Å². The molecule has 1 saturated heterocycles. The number of rotatable bonds is 5. The predicted molar refractivity (Wildman–Crippen MR) is 153 cm³/mol. The maximum atomic E-state index is 15.4. The van der Waals surface area contributed by atoms with Gasteiger partial charge in [0.2, 0.25) is 0 Å². The lowest BCUT2D eigenvalue weighted by molar-refractivity contribution is -0.122. The van der Waals surface area contributed by atoms with E-state index in [1.165, 1.54) is 11.8 Å². The summed E-state index contributed by atoms with van der Waals surface area (Å²) in [7, 11) is 2.02. The highest BCUT2D eigenvalue weighted by molar-refractivity contribution is 8.18. The number of fused-ring (bicyclic) bond motifs is 1. The number of thioether (sulfide) groups is 1. The van der Waals surface area contributed by atoms with Gasteiger partial charge in [-0.2, -0.15) is 0 Å². The topological polar surface area (TPSA) is 35.9 Å². The molecule has 0 aromatic heterocycles. The van der Waals surface area contributed by atoms with Crippen LogP contribution in [-0.4, -0.2) is 35.1 Å². The molecular formula is C31H32FN3OS. The first-order chi connectivity index (χ1) is 17.7. The summed E-state index contributed by atoms with van der Waals surface area (Å²) in [6.45, 7) is 7.06. The van der Waals surface area contributed by atoms with Crippen molar-refractivity contribution in [1.29, 1.82) is 0 Å². The number of hydrogen-bond donors (Lipinski definition) is 0. The molecule has 2 heterocycles. The molecule has 3 aromatic rings. The van der Waals surface area contributed by atoms with Crippen molar-refractivity contribution in [2.45, 2.75) is 45.1 Å². The molecule has 6 heteroatoms. The third-order valence-corrected chi connectivity index (χ3v) is 8.38. The Morgan fingerprint density at radius 3 is 2.46 bits per heavy atom. The normalized spacial score (nSPS) is 21.1. The fraction of sp³-hybridized carbons (Fsp3) is 0.290. The Morgan fingerprint density at radius 1 is 1.08 bits per heavy atom. The average Bonchev–Trinajstić information content (AvgIpc) is 3.16. The highest BCUT2D eigenvalue weighted by atomic mass is 32.2. The summed E-state index contributed by atoms with van der Waals surface area (Å²) < 4.78 is 15.4. The Morgan fingerprint density at radius 2 is 1.76 bits per heavy atom. The SMILES string of the molecule is CC1CC(C)(C)N(C)c2cc(F)c(/C=C3/SC(=Nc4ccccc4)N(CCc4ccccc4)C3=O)cc21. The van der Waals surface area contributed by atoms with Crippen LogP contribution in [0.15, 0.2) is 82.7 Å². The van der Waals surface area contributed by atoms with Crippen molar-refractivity contribution >= 4 is 40.3 Å². The Balaban J connectivity index is 1.49. The zero-order valence-corrected chi connectivity index (χ0v) is 22.6. The van der Waals surface area contributed by atoms with Crippen molar-refractivity contribution in [3.05, 3.63) is 100 Å². The first-order valence-corrected chi connectivity index (χ1v) is 13.5. The van der Waals surface area contributed by atoms with E-state index in [9.17, 15) is 4.79 Å². The first kappa shape index (κ1) is 25.3. The second kappa shape index (κ2) is 10.2. The molecule has 1 unspecified atom stereocenters. The summed E-state index contributed by atoms with van der Waals surface area (Å²) in [6, 6.07) is 23.2. The first-order valence-electron chi connectivity index (χ1n) is 12.7. The summed E-state index contributed by atoms with van der Waals surface area (Å²) in [5.74, 6) is -0.164. The molecule has 0 N–H and O–H groups in total. The van der Waals surface area contributed by atoms with Gasteiger partial charge in [0.25, 0.3) is 5.91 Å². The van der Waals surface area contributed by atoms with Crippen molar-refractivity contribution in [3.63, 3.8) is 0 Å². The molecule has 0 aliphatic carbocycles. The molecule has 0 bridgehead atoms. The van der Waals surface area contributed by atoms with Crippen LogP contribution in [0.4, 0.5) is 15.8 Å². The van der Waals surface area contributed by atoms with Crippen molar-refractivity contribution < 1.29 is 9.18 Å². The minimum Gasteiger partial charge on any atom is -0.369 e. The standard InChI is InChI=1S/C31H32FN3OS/c1-21-20-31(2,3)34(4)27-19-26(32)23(17-25(21)27)18-28-29(36)35(16-15-22-11-7-5-8-12-22)30(37-28)33-24-13-9-6-10-14-24/h5-14,17-19,21H,15-16,20H2,1-4H3/b28-18+,33-30?. The quantitative estimate of drug-likeness (QED) is 0.334. The van der Waals surface area contributed by atoms with Gasteiger partial charge in [-0.1, -0.05) is 55.5 Å². The zero-order valence-electron chi connectivity index (χ0n) is 21.7. The molecule has 1 fully saturated rings. The maximum Gasteiger partial charge on any atom is 0.266 e. The van der Waals surface area contributed by atoms with Gasteiger partial charge in [-0.25, -0.2) is 9.38 Å². The molecule has 1 amide bonds. The predicted octanol–water partition coefficient (Wildman–Crippen LogP) is 7.39. The van der Waals surface area contributed by atoms with Crippen LogP contribution in [0.5, 0.6) is 0 Å². The van der Waals surface area contributed by atoms with Crippen LogP contribution in [0.2, 0.25) is 0 Å². The van der Waals surface area contributed by atoms with E-state index in [4.69, 9.17) is 4.99 Å². The lowest BCUT2D eigenvalue weighted by Crippen LogP contribution is -2.45. The van der Waals surface area contributed by atoms with Gasteiger partial charge >= 0.3 is 0 Å². The van der Waals surface area contributed by atoms with Crippen LogP contribution in [-0.2, 0) is 11.2 Å². The number of hydrogen-bond acceptors (Lipinski definition) is 4. The van der Waals surface area contributed by atoms with Gasteiger partial charge in [0.05, 0.1) is 10.6 Å². The van der Waals surface area contributed by atoms with E-state index < -0.39 is 0 Å². The number of halogens is 1. The summed E-state index contributed by atoms with van der Waals surface area (Å²) in [5.41, 5.74) is 4.37. The number of carbonyl (C=O) groups excluding carboxylic acids is 1. The fourth-order valence-electron chi connectivity index (χ4n) is 5.14. The average molecular weight is 514 g/mol. The molecule has 2 aliphatic heterocycles. The van der Waals surface area contributed by atoms with Crippen LogP contribution < -0.4 is 4.90 Å². The maximum absolute atomic E-state index is 15.4. The highest BCUT2D eigenvalue weighted by Crippen LogP contribution is 2.44. The largest absolute Gasteiger partial charge is 0.369 e. The summed E-state index contributed by atoms with van der Waals surface area (Å²) >= 11 is 1.31. The number of carbonyl (C=O) groups is 1. The highest BCUT2D eigenvalue weighted by Gasteiger charge is 2.36. The van der Waals surface area contributed by atoms with Crippen LogP contribution in [0.25, 0.3) is 6.08 Å². The minimum absolute atomic E-state index is 0.0435. The summed E-state index contributed by atoms with van der Waals surface area (Å²) in [5, 5.41) is 0.617. The molecule has 3 aromatic carbocycles. The van der Waals surface area contributed by atoms with Crippen molar-refractivity contribution in [2.75, 3.05) is 18.5 Å². The van der Waals surface area contributed by atoms with Gasteiger partial charge in [-0.05, 0) is 85.8 Å². The summed E-state index contributed by atoms with van der Waals surface area (Å²) in [4.78, 5) is 22.7. The van der Waals surface area contributed by atoms with Crippen molar-refractivity contribution in [2.24, 2.45) is 4.99 Å². The van der Waals surface area contributed by atoms with E-state index in [0.29, 0.717) is 34.5 Å². The lowest BCUT2D eigenvalue weighted by Gasteiger charge is -2.45. The number of aliphatic imine (C=N–C) groups is 1. The third-order valence-electron chi connectivity index (χ3n) is 7.37. The molecule has 37 heavy (non-hydrogen) atoms. The molecule has 0 saturated carbocycles. The van der Waals surface area contributed by atoms with Gasteiger partial charge in [0, 0.05) is 30.4 Å². The van der Waals surface area contributed by atoms with Crippen molar-refractivity contribution in [1.82, 2.24) is 4.90 Å². The van der Waals surface area contributed by atoms with Gasteiger partial charge < -0.3 is 4.90 Å². The van der Waals surface area contributed by atoms with E-state index in [2.05, 4.69) is 37.8 Å². The molecule has 1 atom stereocenters. The number of amidine groups is 1. The molecular weight excluding hydrogens is 481 g/mol. The molecule has 2 aliphatic rings. The zero-order chi connectivity index (χ0) is 26.2. The Hall–Kier alpha value is -3.38. The smallest absolute Gasteiger partial charge is 0.266 e. The van der Waals surface area contributed by atoms with Gasteiger partial charge in [0.1, 0.15) is 5.82 Å². The second-order valence-corrected chi connectivity index (χ2v) is 11.5. The number of benzene rings is 3. The second-order valence-electron chi connectivity index (χ2n) is 10.4. The number of para-hydroxylation sites is 1. The Labute approximate surface area is 222 Å². The third kappa shape index (κ3) is 5.21. The Kier molecular flexibility index (Phi) is 6.95. The Bertz CT molecular complexity index is 1370. The van der Waals surface area contributed by atoms with E-state index in [1.54, 1.807) is 17.0 Å². The molecule has 5 rings (SSSR count). The van der Waals surface area contributed by atoms with Gasteiger partial charge in [0.15, 0.2) is 5.17 Å². The molecule has 0 spiro atoms. The van der Waals surface area contributed by atoms with Crippen LogP contribution >= 0.6 is 11.8 Å². The number of nitrogens with zero attached hydrogens (tertiary/aromatic N) is 3. The number of amides is 1. The van der Waals surface area contributed by atoms with Crippen LogP contribution in [0.1, 0.15) is 49.8 Å². The van der Waals surface area contributed by atoms with E-state index in [0.717, 1.165) is 28.9 Å². The van der Waals surface area contributed by atoms with Crippen LogP contribution in [0, 0.1) is 5.82 Å². The van der Waals surface area contributed by atoms with E-state index in [-0.39, 0.29) is 17.3 Å². The monoisotopic (exact) mass is 513 g/mol. The van der Waals surface area contributed by atoms with Gasteiger partial charge in [-0.15, -0.1) is 0 Å². The number of anilines is 1. The molecule has 4 nitrogen and oxygen atoms in total. The van der Waals surface area contributed by atoms with Crippen molar-refractivity contribution in [3.8, 4) is 0 Å². The molecule has 0 radical (unpaired) electrons. The lowest BCUT2D eigenvalue weighted by atomic mass is 9.80. The summed E-state index contributed by atoms with van der Waals surface area (Å²) in [6.07, 6.45) is 3.38. The molecule has 190 valence electrons. The van der Waals surface area contributed by atoms with E-state index >= 15 is 4.39 Å². The van der Waals surface area contributed by atoms with E-state index in [1.807, 2.05) is 61.6 Å². The fourth-order valence-corrected chi connectivity index (χ4v) is 6.16. The van der Waals surface area contributed by atoms with Gasteiger partial charge in [-0.3, -0.25) is 9.69 Å². The minimum atomic E-state index is -0.319.